The summed E-state index contributed by atoms with van der Waals surface area (Å²) in [5, 5.41) is 13.6. The highest BCUT2D eigenvalue weighted by Gasteiger charge is 2.25. The normalized spacial score (nSPS) is 17.8. The van der Waals surface area contributed by atoms with E-state index in [1.165, 1.54) is 20.3 Å². The number of rotatable bonds is 4. The molecule has 0 aromatic heterocycles. The van der Waals surface area contributed by atoms with Crippen molar-refractivity contribution < 1.29 is 19.5 Å². The first-order chi connectivity index (χ1) is 8.82. The van der Waals surface area contributed by atoms with Crippen molar-refractivity contribution in [2.24, 2.45) is 5.92 Å². The van der Waals surface area contributed by atoms with E-state index in [9.17, 15) is 14.4 Å². The number of hydrogen-bond acceptors (Lipinski definition) is 3. The lowest BCUT2D eigenvalue weighted by Gasteiger charge is -2.31. The molecular formula is C13H20N2O4. The van der Waals surface area contributed by atoms with Gasteiger partial charge in [0.1, 0.15) is 0 Å². The zero-order valence-electron chi connectivity index (χ0n) is 11.4. The third-order valence-corrected chi connectivity index (χ3v) is 3.67. The molecule has 1 aliphatic carbocycles. The van der Waals surface area contributed by atoms with Gasteiger partial charge in [-0.25, -0.2) is 9.59 Å². The van der Waals surface area contributed by atoms with Crippen LogP contribution in [-0.2, 0) is 9.59 Å². The number of aliphatic carboxylic acids is 1. The van der Waals surface area contributed by atoms with Gasteiger partial charge in [0.2, 0.25) is 0 Å². The van der Waals surface area contributed by atoms with Crippen LogP contribution in [0.3, 0.4) is 0 Å². The molecule has 1 atom stereocenters. The van der Waals surface area contributed by atoms with Gasteiger partial charge >= 0.3 is 12.0 Å². The molecule has 1 rings (SSSR count). The molecule has 3 amide bonds. The molecule has 0 spiro atoms. The van der Waals surface area contributed by atoms with Crippen LogP contribution in [0.15, 0.2) is 11.1 Å². The summed E-state index contributed by atoms with van der Waals surface area (Å²) in [6, 6.07) is -0.562. The lowest BCUT2D eigenvalue weighted by atomic mass is 9.80. The van der Waals surface area contributed by atoms with Gasteiger partial charge in [-0.15, -0.1) is 0 Å². The Kier molecular flexibility index (Phi) is 5.09. The van der Waals surface area contributed by atoms with Gasteiger partial charge < -0.3 is 10.4 Å². The first kappa shape index (κ1) is 15.2. The molecule has 19 heavy (non-hydrogen) atoms. The summed E-state index contributed by atoms with van der Waals surface area (Å²) in [5.41, 5.74) is -0.0451. The standard InChI is InChI=1S/C13H20N2O4/c1-7(8(2)12(17)18)11(16)15-13(19)14-9(3)10-5-4-6-10/h9-10H,4-6H2,1-3H3,(H,17,18)(H2,14,15,16,19). The maximum absolute atomic E-state index is 11.6. The molecule has 0 radical (unpaired) electrons. The van der Waals surface area contributed by atoms with E-state index in [0.29, 0.717) is 5.92 Å². The van der Waals surface area contributed by atoms with Crippen LogP contribution >= 0.6 is 0 Å². The smallest absolute Gasteiger partial charge is 0.331 e. The fourth-order valence-electron chi connectivity index (χ4n) is 1.83. The van der Waals surface area contributed by atoms with Crippen molar-refractivity contribution in [1.82, 2.24) is 10.6 Å². The van der Waals surface area contributed by atoms with Crippen molar-refractivity contribution in [1.29, 1.82) is 0 Å². The van der Waals surface area contributed by atoms with Gasteiger partial charge in [-0.3, -0.25) is 10.1 Å². The van der Waals surface area contributed by atoms with Crippen LogP contribution in [-0.4, -0.2) is 29.1 Å². The zero-order valence-corrected chi connectivity index (χ0v) is 11.4. The van der Waals surface area contributed by atoms with Gasteiger partial charge in [-0.2, -0.15) is 0 Å². The quantitative estimate of drug-likeness (QED) is 0.672. The van der Waals surface area contributed by atoms with Crippen molar-refractivity contribution in [2.75, 3.05) is 0 Å². The number of carboxylic acids is 1. The van der Waals surface area contributed by atoms with Crippen molar-refractivity contribution in [3.8, 4) is 0 Å². The molecule has 0 bridgehead atoms. The molecular weight excluding hydrogens is 248 g/mol. The molecule has 0 saturated heterocycles. The Morgan fingerprint density at radius 1 is 1.16 bits per heavy atom. The first-order valence-corrected chi connectivity index (χ1v) is 6.35. The van der Waals surface area contributed by atoms with E-state index < -0.39 is 17.9 Å². The van der Waals surface area contributed by atoms with E-state index in [1.54, 1.807) is 0 Å². The van der Waals surface area contributed by atoms with E-state index >= 15 is 0 Å². The number of nitrogens with one attached hydrogen (secondary N) is 2. The minimum absolute atomic E-state index is 0.0198. The summed E-state index contributed by atoms with van der Waals surface area (Å²) >= 11 is 0. The number of amides is 3. The van der Waals surface area contributed by atoms with Crippen LogP contribution < -0.4 is 10.6 Å². The fourth-order valence-corrected chi connectivity index (χ4v) is 1.83. The molecule has 0 heterocycles. The highest BCUT2D eigenvalue weighted by molar-refractivity contribution is 6.07. The minimum atomic E-state index is -1.17. The predicted octanol–water partition coefficient (Wildman–Crippen LogP) is 1.42. The van der Waals surface area contributed by atoms with E-state index in [-0.39, 0.29) is 17.2 Å². The largest absolute Gasteiger partial charge is 0.478 e. The molecule has 3 N–H and O–H groups in total. The SMILES string of the molecule is CC(C(=O)O)=C(C)C(=O)NC(=O)NC(C)C1CCC1. The number of carbonyl (C=O) groups is 3. The summed E-state index contributed by atoms with van der Waals surface area (Å²) in [4.78, 5) is 33.9. The second kappa shape index (κ2) is 6.36. The van der Waals surface area contributed by atoms with Gasteiger partial charge in [0, 0.05) is 17.2 Å². The van der Waals surface area contributed by atoms with Crippen LogP contribution in [0, 0.1) is 5.92 Å². The van der Waals surface area contributed by atoms with Crippen LogP contribution in [0.4, 0.5) is 4.79 Å². The highest BCUT2D eigenvalue weighted by Crippen LogP contribution is 2.29. The Hall–Kier alpha value is -1.85. The average Bonchev–Trinajstić information content (AvgIpc) is 2.23. The van der Waals surface area contributed by atoms with Gasteiger partial charge in [0.15, 0.2) is 0 Å². The van der Waals surface area contributed by atoms with Gasteiger partial charge in [-0.1, -0.05) is 6.42 Å². The van der Waals surface area contributed by atoms with E-state index in [1.807, 2.05) is 6.92 Å². The number of carboxylic acid groups (broad SMARTS) is 1. The number of imide groups is 1. The van der Waals surface area contributed by atoms with Crippen molar-refractivity contribution in [2.45, 2.75) is 46.1 Å². The maximum Gasteiger partial charge on any atom is 0.331 e. The molecule has 6 nitrogen and oxygen atoms in total. The van der Waals surface area contributed by atoms with E-state index in [4.69, 9.17) is 5.11 Å². The molecule has 1 saturated carbocycles. The van der Waals surface area contributed by atoms with Crippen molar-refractivity contribution >= 4 is 17.9 Å². The molecule has 1 unspecified atom stereocenters. The Morgan fingerprint density at radius 2 is 1.74 bits per heavy atom. The number of carbonyl (C=O) groups excluding carboxylic acids is 2. The van der Waals surface area contributed by atoms with Crippen LogP contribution in [0.25, 0.3) is 0 Å². The highest BCUT2D eigenvalue weighted by atomic mass is 16.4. The first-order valence-electron chi connectivity index (χ1n) is 6.35. The average molecular weight is 268 g/mol. The molecule has 6 heteroatoms. The Balaban J connectivity index is 2.49. The Morgan fingerprint density at radius 3 is 2.16 bits per heavy atom. The third kappa shape index (κ3) is 4.08. The van der Waals surface area contributed by atoms with Gasteiger partial charge in [0.25, 0.3) is 5.91 Å². The number of hydrogen-bond donors (Lipinski definition) is 3. The zero-order chi connectivity index (χ0) is 14.6. The third-order valence-electron chi connectivity index (χ3n) is 3.67. The van der Waals surface area contributed by atoms with Crippen molar-refractivity contribution in [3.63, 3.8) is 0 Å². The summed E-state index contributed by atoms with van der Waals surface area (Å²) in [5.74, 6) is -1.38. The summed E-state index contributed by atoms with van der Waals surface area (Å²) in [6.07, 6.45) is 3.36. The Labute approximate surface area is 112 Å². The van der Waals surface area contributed by atoms with Crippen LogP contribution in [0.2, 0.25) is 0 Å². The maximum atomic E-state index is 11.6. The van der Waals surface area contributed by atoms with Gasteiger partial charge in [-0.05, 0) is 39.5 Å². The van der Waals surface area contributed by atoms with E-state index in [0.717, 1.165) is 12.8 Å². The second-order valence-electron chi connectivity index (χ2n) is 4.96. The lowest BCUT2D eigenvalue weighted by Crippen LogP contribution is -2.47. The molecule has 1 aliphatic rings. The second-order valence-corrected chi connectivity index (χ2v) is 4.96. The summed E-state index contributed by atoms with van der Waals surface area (Å²) in [6.45, 7) is 4.60. The van der Waals surface area contributed by atoms with E-state index in [2.05, 4.69) is 10.6 Å². The molecule has 0 aromatic carbocycles. The molecule has 106 valence electrons. The molecule has 0 aromatic rings. The molecule has 1 fully saturated rings. The topological polar surface area (TPSA) is 95.5 Å². The van der Waals surface area contributed by atoms with Gasteiger partial charge in [0.05, 0.1) is 0 Å². The van der Waals surface area contributed by atoms with Crippen LogP contribution in [0.5, 0.6) is 0 Å². The van der Waals surface area contributed by atoms with Crippen LogP contribution in [0.1, 0.15) is 40.0 Å². The monoisotopic (exact) mass is 268 g/mol. The Bertz CT molecular complexity index is 424. The fraction of sp³-hybridized carbons (Fsp3) is 0.615. The summed E-state index contributed by atoms with van der Waals surface area (Å²) < 4.78 is 0. The molecule has 0 aliphatic heterocycles. The summed E-state index contributed by atoms with van der Waals surface area (Å²) in [7, 11) is 0. The lowest BCUT2D eigenvalue weighted by molar-refractivity contribution is -0.133. The predicted molar refractivity (Wildman–Crippen MR) is 69.5 cm³/mol. The van der Waals surface area contributed by atoms with Crippen molar-refractivity contribution in [3.05, 3.63) is 11.1 Å². The minimum Gasteiger partial charge on any atom is -0.478 e. The number of urea groups is 1.